The Kier molecular flexibility index (Phi) is 7.55. The molecule has 2 unspecified atom stereocenters. The molecule has 3 saturated heterocycles. The molecule has 0 radical (unpaired) electrons. The van der Waals surface area contributed by atoms with E-state index in [1.165, 1.54) is 4.90 Å². The molecule has 1 N–H and O–H groups in total. The van der Waals surface area contributed by atoms with E-state index in [2.05, 4.69) is 23.5 Å². The van der Waals surface area contributed by atoms with Gasteiger partial charge in [-0.3, -0.25) is 14.4 Å². The highest BCUT2D eigenvalue weighted by Gasteiger charge is 2.74. The van der Waals surface area contributed by atoms with Gasteiger partial charge < -0.3 is 24.5 Å². The molecular formula is C28H36N6O5. The van der Waals surface area contributed by atoms with Gasteiger partial charge in [0.1, 0.15) is 23.8 Å². The Balaban J connectivity index is 1.49. The van der Waals surface area contributed by atoms with Crippen LogP contribution in [0, 0.1) is 11.8 Å². The van der Waals surface area contributed by atoms with Gasteiger partial charge in [-0.05, 0) is 31.4 Å². The number of carbonyl (C=O) groups excluding carboxylic acids is 3. The largest absolute Gasteiger partial charge is 0.395 e. The molecule has 3 aliphatic heterocycles. The van der Waals surface area contributed by atoms with Gasteiger partial charge in [0, 0.05) is 26.2 Å². The number of para-hydroxylation sites is 1. The van der Waals surface area contributed by atoms with Gasteiger partial charge in [0.05, 0.1) is 30.1 Å². The van der Waals surface area contributed by atoms with E-state index in [-0.39, 0.29) is 44.1 Å². The summed E-state index contributed by atoms with van der Waals surface area (Å²) >= 11 is 0. The first-order valence-electron chi connectivity index (χ1n) is 13.6. The zero-order valence-electron chi connectivity index (χ0n) is 22.3. The van der Waals surface area contributed by atoms with Crippen LogP contribution in [0.5, 0.6) is 0 Å². The number of hydrogen-bond donors (Lipinski definition) is 1. The molecule has 11 nitrogen and oxygen atoms in total. The van der Waals surface area contributed by atoms with E-state index in [4.69, 9.17) is 4.74 Å². The minimum absolute atomic E-state index is 0.0258. The Labute approximate surface area is 227 Å². The zero-order chi connectivity index (χ0) is 27.7. The van der Waals surface area contributed by atoms with Gasteiger partial charge in [-0.1, -0.05) is 36.4 Å². The zero-order valence-corrected chi connectivity index (χ0v) is 22.3. The normalized spacial score (nSPS) is 27.1. The summed E-state index contributed by atoms with van der Waals surface area (Å²) in [7, 11) is 0. The summed E-state index contributed by atoms with van der Waals surface area (Å²) in [5, 5.41) is 18.3. The van der Waals surface area contributed by atoms with E-state index in [0.29, 0.717) is 31.4 Å². The molecule has 5 atom stereocenters. The number of aromatic nitrogens is 3. The Morgan fingerprint density at radius 2 is 1.95 bits per heavy atom. The number of carbonyl (C=O) groups is 3. The van der Waals surface area contributed by atoms with Crippen LogP contribution >= 0.6 is 0 Å². The predicted molar refractivity (Wildman–Crippen MR) is 143 cm³/mol. The second-order valence-corrected chi connectivity index (χ2v) is 10.5. The summed E-state index contributed by atoms with van der Waals surface area (Å²) in [5.41, 5.74) is 0.340. The summed E-state index contributed by atoms with van der Waals surface area (Å²) < 4.78 is 8.15. The van der Waals surface area contributed by atoms with E-state index in [0.717, 1.165) is 11.9 Å². The molecule has 2 aromatic rings. The lowest BCUT2D eigenvalue weighted by atomic mass is 9.70. The number of aliphatic hydroxyl groups excluding tert-OH is 1. The van der Waals surface area contributed by atoms with Gasteiger partial charge in [0.25, 0.3) is 0 Å². The lowest BCUT2D eigenvalue weighted by molar-refractivity contribution is -0.150. The van der Waals surface area contributed by atoms with Crippen molar-refractivity contribution in [3.8, 4) is 0 Å². The third-order valence-electron chi connectivity index (χ3n) is 8.20. The SMILES string of the molecule is C=CCN(Cn1nnc2ccccc21)C(=O)C1N(CCO)C(=O)[C@@H]2[C@H](C(=O)N(CC=C)CCC)[C@@H]3CCC12O3. The van der Waals surface area contributed by atoms with Crippen LogP contribution < -0.4 is 0 Å². The minimum Gasteiger partial charge on any atom is -0.395 e. The molecule has 5 rings (SSSR count). The third kappa shape index (κ3) is 4.33. The van der Waals surface area contributed by atoms with Crippen LogP contribution in [-0.4, -0.2) is 103 Å². The Bertz CT molecular complexity index is 1280. The van der Waals surface area contributed by atoms with E-state index in [1.807, 2.05) is 31.2 Å². The van der Waals surface area contributed by atoms with Crippen molar-refractivity contribution in [2.75, 3.05) is 32.8 Å². The van der Waals surface area contributed by atoms with Crippen molar-refractivity contribution in [2.45, 2.75) is 50.6 Å². The van der Waals surface area contributed by atoms with Crippen molar-refractivity contribution in [3.63, 3.8) is 0 Å². The van der Waals surface area contributed by atoms with Gasteiger partial charge in [0.15, 0.2) is 0 Å². The summed E-state index contributed by atoms with van der Waals surface area (Å²) in [6.07, 6.45) is 4.71. The van der Waals surface area contributed by atoms with Crippen molar-refractivity contribution in [3.05, 3.63) is 49.6 Å². The Morgan fingerprint density at radius 1 is 1.21 bits per heavy atom. The number of fused-ring (bicyclic) bond motifs is 2. The quantitative estimate of drug-likeness (QED) is 0.405. The molecule has 39 heavy (non-hydrogen) atoms. The van der Waals surface area contributed by atoms with Crippen molar-refractivity contribution < 1.29 is 24.2 Å². The number of β-amino-alcohol motifs (C(OH)–C–C–N with tert-alkyl or cyclic N) is 1. The molecule has 0 saturated carbocycles. The van der Waals surface area contributed by atoms with Crippen molar-refractivity contribution in [1.82, 2.24) is 29.7 Å². The summed E-state index contributed by atoms with van der Waals surface area (Å²) in [6.45, 7) is 10.5. The Hall–Kier alpha value is -3.57. The first-order valence-corrected chi connectivity index (χ1v) is 13.6. The van der Waals surface area contributed by atoms with Crippen molar-refractivity contribution >= 4 is 28.8 Å². The molecule has 3 fully saturated rings. The number of hydrogen-bond acceptors (Lipinski definition) is 7. The number of amides is 3. The molecule has 1 aromatic carbocycles. The molecule has 3 aliphatic rings. The van der Waals surface area contributed by atoms with E-state index in [1.54, 1.807) is 26.6 Å². The van der Waals surface area contributed by atoms with E-state index >= 15 is 0 Å². The average Bonchev–Trinajstić information content (AvgIpc) is 3.68. The standard InChI is InChI=1S/C28H36N6O5/c1-4-13-31(14-5-2)25(36)22-21-11-12-28(39-21)23(22)26(37)33(16-17-35)24(28)27(38)32(15-6-3)18-34-20-10-8-7-9-19(20)29-30-34/h4,6-10,21-24,35H,1,3,5,11-18H2,2H3/t21-,22+,23-,24?,28?/m0/s1. The van der Waals surface area contributed by atoms with Gasteiger partial charge in [-0.25, -0.2) is 4.68 Å². The number of benzene rings is 1. The number of rotatable bonds is 12. The molecule has 0 aliphatic carbocycles. The summed E-state index contributed by atoms with van der Waals surface area (Å²) in [4.78, 5) is 46.7. The van der Waals surface area contributed by atoms with Crippen LogP contribution in [0.3, 0.4) is 0 Å². The highest BCUT2D eigenvalue weighted by atomic mass is 16.5. The molecule has 4 heterocycles. The van der Waals surface area contributed by atoms with Gasteiger partial charge in [-0.2, -0.15) is 0 Å². The number of ether oxygens (including phenoxy) is 1. The lowest BCUT2D eigenvalue weighted by Gasteiger charge is -2.36. The predicted octanol–water partition coefficient (Wildman–Crippen LogP) is 1.19. The maximum absolute atomic E-state index is 14.3. The number of likely N-dealkylation sites (tertiary alicyclic amines) is 1. The van der Waals surface area contributed by atoms with Crippen LogP contribution in [0.1, 0.15) is 26.2 Å². The number of aliphatic hydroxyl groups is 1. The highest BCUT2D eigenvalue weighted by Crippen LogP contribution is 2.58. The molecule has 11 heteroatoms. The fraction of sp³-hybridized carbons (Fsp3) is 0.536. The molecule has 2 bridgehead atoms. The molecule has 1 spiro atoms. The van der Waals surface area contributed by atoms with E-state index < -0.39 is 29.6 Å². The topological polar surface area (TPSA) is 121 Å². The summed E-state index contributed by atoms with van der Waals surface area (Å²) in [5.74, 6) is -2.25. The Morgan fingerprint density at radius 3 is 2.67 bits per heavy atom. The van der Waals surface area contributed by atoms with Crippen LogP contribution in [0.15, 0.2) is 49.6 Å². The fourth-order valence-electron chi connectivity index (χ4n) is 6.72. The maximum atomic E-state index is 14.3. The van der Waals surface area contributed by atoms with E-state index in [9.17, 15) is 19.5 Å². The third-order valence-corrected chi connectivity index (χ3v) is 8.20. The van der Waals surface area contributed by atoms with Gasteiger partial charge in [-0.15, -0.1) is 18.3 Å². The van der Waals surface area contributed by atoms with Gasteiger partial charge in [0.2, 0.25) is 17.7 Å². The van der Waals surface area contributed by atoms with Crippen LogP contribution in [0.25, 0.3) is 11.0 Å². The molecule has 208 valence electrons. The minimum atomic E-state index is -1.13. The van der Waals surface area contributed by atoms with Crippen LogP contribution in [-0.2, 0) is 25.8 Å². The monoisotopic (exact) mass is 536 g/mol. The summed E-state index contributed by atoms with van der Waals surface area (Å²) in [6, 6.07) is 6.49. The van der Waals surface area contributed by atoms with Crippen molar-refractivity contribution in [1.29, 1.82) is 0 Å². The maximum Gasteiger partial charge on any atom is 0.250 e. The highest BCUT2D eigenvalue weighted by molar-refractivity contribution is 5.99. The average molecular weight is 537 g/mol. The van der Waals surface area contributed by atoms with Crippen LogP contribution in [0.2, 0.25) is 0 Å². The van der Waals surface area contributed by atoms with Crippen LogP contribution in [0.4, 0.5) is 0 Å². The second kappa shape index (κ2) is 10.9. The van der Waals surface area contributed by atoms with Crippen molar-refractivity contribution in [2.24, 2.45) is 11.8 Å². The lowest BCUT2D eigenvalue weighted by Crippen LogP contribution is -2.57. The molecule has 3 amide bonds. The first kappa shape index (κ1) is 27.0. The molecule has 1 aromatic heterocycles. The fourth-order valence-corrected chi connectivity index (χ4v) is 6.72. The smallest absolute Gasteiger partial charge is 0.250 e. The first-order chi connectivity index (χ1) is 18.9. The number of nitrogens with zero attached hydrogens (tertiary/aromatic N) is 6. The molecular weight excluding hydrogens is 500 g/mol. The second-order valence-electron chi connectivity index (χ2n) is 10.5. The van der Waals surface area contributed by atoms with Gasteiger partial charge >= 0.3 is 0 Å².